The molecule has 1 N–H and O–H groups in total. The Morgan fingerprint density at radius 2 is 2.13 bits per heavy atom. The number of carbonyl (C=O) groups excluding carboxylic acids is 2. The minimum Gasteiger partial charge on any atom is -0.350 e. The molecule has 0 aliphatic carbocycles. The molecule has 10 nitrogen and oxygen atoms in total. The van der Waals surface area contributed by atoms with Crippen molar-refractivity contribution in [1.82, 2.24) is 19.8 Å². The fourth-order valence-corrected chi connectivity index (χ4v) is 3.47. The van der Waals surface area contributed by atoms with E-state index in [2.05, 4.69) is 10.3 Å². The van der Waals surface area contributed by atoms with E-state index in [1.165, 1.54) is 40.8 Å². The summed E-state index contributed by atoms with van der Waals surface area (Å²) in [4.78, 5) is 54.1. The smallest absolute Gasteiger partial charge is 0.271 e. The van der Waals surface area contributed by atoms with Crippen LogP contribution in [0.5, 0.6) is 0 Å². The Labute approximate surface area is 174 Å². The highest BCUT2D eigenvalue weighted by Crippen LogP contribution is 2.16. The number of nitrogens with zero attached hydrogens (tertiary/aromatic N) is 4. The van der Waals surface area contributed by atoms with Crippen LogP contribution in [0.1, 0.15) is 11.8 Å². The molecule has 0 saturated heterocycles. The number of nitro groups is 1. The Balaban J connectivity index is 1.68. The average molecular weight is 429 g/mol. The van der Waals surface area contributed by atoms with Gasteiger partial charge in [-0.05, 0) is 24.4 Å². The number of thiophene rings is 1. The molecular formula is C19H19N5O5S. The van der Waals surface area contributed by atoms with Crippen molar-refractivity contribution in [3.8, 4) is 0 Å². The van der Waals surface area contributed by atoms with Gasteiger partial charge >= 0.3 is 0 Å². The lowest BCUT2D eigenvalue weighted by Gasteiger charge is -2.20. The molecule has 1 aromatic carbocycles. The van der Waals surface area contributed by atoms with Gasteiger partial charge in [-0.15, -0.1) is 11.3 Å². The molecule has 0 atom stereocenters. The predicted octanol–water partition coefficient (Wildman–Crippen LogP) is 1.53. The summed E-state index contributed by atoms with van der Waals surface area (Å²) in [6.45, 7) is 2.02. The molecule has 0 bridgehead atoms. The molecule has 2 heterocycles. The Kier molecular flexibility index (Phi) is 6.52. The fourth-order valence-electron chi connectivity index (χ4n) is 2.82. The maximum Gasteiger partial charge on any atom is 0.271 e. The lowest BCUT2D eigenvalue weighted by molar-refractivity contribution is -0.384. The van der Waals surface area contributed by atoms with Crippen LogP contribution in [0, 0.1) is 10.1 Å². The number of likely N-dealkylation sites (N-methyl/N-ethyl adjacent to an activating group) is 1. The van der Waals surface area contributed by atoms with Crippen LogP contribution < -0.4 is 10.9 Å². The first-order valence-corrected chi connectivity index (χ1v) is 9.97. The molecule has 0 fully saturated rings. The number of non-ortho nitro benzene ring substituents is 1. The van der Waals surface area contributed by atoms with E-state index in [0.717, 1.165) is 9.44 Å². The van der Waals surface area contributed by atoms with Crippen LogP contribution in [0.15, 0.2) is 46.8 Å². The van der Waals surface area contributed by atoms with E-state index in [4.69, 9.17) is 0 Å². The summed E-state index contributed by atoms with van der Waals surface area (Å²) in [5, 5.41) is 15.7. The largest absolute Gasteiger partial charge is 0.350 e. The van der Waals surface area contributed by atoms with Crippen LogP contribution in [0.2, 0.25) is 0 Å². The van der Waals surface area contributed by atoms with Crippen molar-refractivity contribution in [3.63, 3.8) is 0 Å². The summed E-state index contributed by atoms with van der Waals surface area (Å²) in [5.41, 5.74) is -0.478. The molecule has 2 aromatic heterocycles. The summed E-state index contributed by atoms with van der Waals surface area (Å²) in [7, 11) is 0. The maximum atomic E-state index is 12.6. The Morgan fingerprint density at radius 3 is 2.80 bits per heavy atom. The Morgan fingerprint density at radius 1 is 1.33 bits per heavy atom. The summed E-state index contributed by atoms with van der Waals surface area (Å²) in [6, 6.07) is 7.54. The zero-order valence-electron chi connectivity index (χ0n) is 16.1. The van der Waals surface area contributed by atoms with Crippen molar-refractivity contribution in [3.05, 3.63) is 67.4 Å². The number of hydrogen-bond acceptors (Lipinski definition) is 7. The highest BCUT2D eigenvalue weighted by atomic mass is 32.1. The van der Waals surface area contributed by atoms with Crippen LogP contribution in [0.25, 0.3) is 10.9 Å². The zero-order chi connectivity index (χ0) is 21.7. The van der Waals surface area contributed by atoms with Gasteiger partial charge in [-0.25, -0.2) is 4.98 Å². The number of rotatable bonds is 8. The molecule has 0 unspecified atom stereocenters. The quantitative estimate of drug-likeness (QED) is 0.427. The van der Waals surface area contributed by atoms with Crippen molar-refractivity contribution in [1.29, 1.82) is 0 Å². The molecule has 156 valence electrons. The predicted molar refractivity (Wildman–Crippen MR) is 111 cm³/mol. The van der Waals surface area contributed by atoms with Gasteiger partial charge in [0.05, 0.1) is 35.2 Å². The van der Waals surface area contributed by atoms with Crippen molar-refractivity contribution < 1.29 is 14.5 Å². The van der Waals surface area contributed by atoms with Gasteiger partial charge < -0.3 is 10.2 Å². The Bertz CT molecular complexity index is 1140. The van der Waals surface area contributed by atoms with Crippen LogP contribution in [0.4, 0.5) is 5.69 Å². The van der Waals surface area contributed by atoms with Crippen LogP contribution >= 0.6 is 11.3 Å². The van der Waals surface area contributed by atoms with E-state index in [9.17, 15) is 24.5 Å². The number of carbonyl (C=O) groups is 2. The topological polar surface area (TPSA) is 127 Å². The van der Waals surface area contributed by atoms with Gasteiger partial charge in [0.15, 0.2) is 0 Å². The summed E-state index contributed by atoms with van der Waals surface area (Å²) in [6.07, 6.45) is 1.18. The maximum absolute atomic E-state index is 12.6. The molecule has 0 aliphatic rings. The van der Waals surface area contributed by atoms with Crippen molar-refractivity contribution >= 4 is 39.7 Å². The van der Waals surface area contributed by atoms with Crippen LogP contribution in [-0.4, -0.2) is 44.3 Å². The second kappa shape index (κ2) is 9.27. The summed E-state index contributed by atoms with van der Waals surface area (Å²) in [5.74, 6) is -0.705. The molecule has 2 amide bonds. The standard InChI is InChI=1S/C19H19N5O5S/c1-2-22(10-17(25)20-9-14-4-3-7-30-14)18(26)11-23-12-21-16-8-13(24(28)29)5-6-15(16)19(23)27/h3-8,12H,2,9-11H2,1H3,(H,20,25). The monoisotopic (exact) mass is 429 g/mol. The summed E-state index contributed by atoms with van der Waals surface area (Å²) < 4.78 is 1.13. The van der Waals surface area contributed by atoms with E-state index in [1.54, 1.807) is 6.92 Å². The third-order valence-corrected chi connectivity index (χ3v) is 5.31. The highest BCUT2D eigenvalue weighted by molar-refractivity contribution is 7.09. The SMILES string of the molecule is CCN(CC(=O)NCc1cccs1)C(=O)Cn1cnc2cc([N+](=O)[O-])ccc2c1=O. The Hall–Kier alpha value is -3.60. The number of amides is 2. The van der Waals surface area contributed by atoms with E-state index < -0.39 is 16.4 Å². The van der Waals surface area contributed by atoms with Gasteiger partial charge in [0, 0.05) is 23.6 Å². The number of hydrogen-bond donors (Lipinski definition) is 1. The van der Waals surface area contributed by atoms with Gasteiger partial charge in [-0.2, -0.15) is 0 Å². The molecule has 0 saturated carbocycles. The van der Waals surface area contributed by atoms with E-state index >= 15 is 0 Å². The number of nitro benzene ring substituents is 1. The lowest BCUT2D eigenvalue weighted by atomic mass is 10.2. The minimum absolute atomic E-state index is 0.122. The van der Waals surface area contributed by atoms with Crippen LogP contribution in [0.3, 0.4) is 0 Å². The van der Waals surface area contributed by atoms with E-state index in [0.29, 0.717) is 13.1 Å². The number of benzene rings is 1. The molecule has 11 heteroatoms. The highest BCUT2D eigenvalue weighted by Gasteiger charge is 2.18. The molecule has 3 rings (SSSR count). The van der Waals surface area contributed by atoms with Gasteiger partial charge in [0.25, 0.3) is 11.2 Å². The third-order valence-electron chi connectivity index (χ3n) is 4.43. The zero-order valence-corrected chi connectivity index (χ0v) is 16.9. The molecule has 0 radical (unpaired) electrons. The molecular weight excluding hydrogens is 410 g/mol. The first kappa shape index (κ1) is 21.1. The molecule has 0 aliphatic heterocycles. The molecule has 30 heavy (non-hydrogen) atoms. The second-order valence-electron chi connectivity index (χ2n) is 6.40. The first-order valence-electron chi connectivity index (χ1n) is 9.09. The molecule has 0 spiro atoms. The van der Waals surface area contributed by atoms with Crippen LogP contribution in [-0.2, 0) is 22.7 Å². The third kappa shape index (κ3) is 4.87. The van der Waals surface area contributed by atoms with E-state index in [-0.39, 0.29) is 35.6 Å². The second-order valence-corrected chi connectivity index (χ2v) is 7.43. The van der Waals surface area contributed by atoms with Gasteiger partial charge in [-0.1, -0.05) is 6.07 Å². The summed E-state index contributed by atoms with van der Waals surface area (Å²) >= 11 is 1.52. The fraction of sp³-hybridized carbons (Fsp3) is 0.263. The number of nitrogens with one attached hydrogen (secondary N) is 1. The molecule has 3 aromatic rings. The van der Waals surface area contributed by atoms with Gasteiger partial charge in [-0.3, -0.25) is 29.1 Å². The normalized spacial score (nSPS) is 10.7. The number of fused-ring (bicyclic) bond motifs is 1. The van der Waals surface area contributed by atoms with Gasteiger partial charge in [0.1, 0.15) is 6.54 Å². The van der Waals surface area contributed by atoms with Crippen molar-refractivity contribution in [2.24, 2.45) is 0 Å². The number of aromatic nitrogens is 2. The average Bonchev–Trinajstić information content (AvgIpc) is 3.25. The first-order chi connectivity index (χ1) is 14.4. The van der Waals surface area contributed by atoms with Crippen molar-refractivity contribution in [2.75, 3.05) is 13.1 Å². The minimum atomic E-state index is -0.571. The van der Waals surface area contributed by atoms with Gasteiger partial charge in [0.2, 0.25) is 11.8 Å². The lowest BCUT2D eigenvalue weighted by Crippen LogP contribution is -2.42. The van der Waals surface area contributed by atoms with E-state index in [1.807, 2.05) is 17.5 Å². The van der Waals surface area contributed by atoms with Crippen molar-refractivity contribution in [2.45, 2.75) is 20.0 Å².